The number of hydrogen-bond donors (Lipinski definition) is 0. The first kappa shape index (κ1) is 15.9. The SMILES string of the molecule is Cl.O=C(Cl)c1cc(-c2cccnc2)nc2ccc(Br)cc12. The van der Waals surface area contributed by atoms with Crippen LogP contribution in [0.4, 0.5) is 0 Å². The molecule has 106 valence electrons. The average molecular weight is 384 g/mol. The van der Waals surface area contributed by atoms with Crippen LogP contribution < -0.4 is 0 Å². The lowest BCUT2D eigenvalue weighted by molar-refractivity contribution is 0.108. The molecule has 0 fully saturated rings. The summed E-state index contributed by atoms with van der Waals surface area (Å²) in [5.74, 6) is 0. The van der Waals surface area contributed by atoms with E-state index in [1.54, 1.807) is 18.5 Å². The molecule has 0 bridgehead atoms. The first-order chi connectivity index (χ1) is 9.65. The maximum absolute atomic E-state index is 11.7. The van der Waals surface area contributed by atoms with Crippen molar-refractivity contribution in [2.24, 2.45) is 0 Å². The molecule has 0 radical (unpaired) electrons. The van der Waals surface area contributed by atoms with Crippen molar-refractivity contribution in [3.8, 4) is 11.3 Å². The van der Waals surface area contributed by atoms with Gasteiger partial charge in [-0.1, -0.05) is 15.9 Å². The number of hydrogen-bond acceptors (Lipinski definition) is 3. The van der Waals surface area contributed by atoms with Crippen LogP contribution in [0.15, 0.2) is 53.3 Å². The Balaban J connectivity index is 0.00000161. The highest BCUT2D eigenvalue weighted by Gasteiger charge is 2.12. The molecule has 0 spiro atoms. The van der Waals surface area contributed by atoms with Gasteiger partial charge in [0.2, 0.25) is 0 Å². The van der Waals surface area contributed by atoms with E-state index in [1.807, 2.05) is 30.3 Å². The molecule has 0 aliphatic carbocycles. The van der Waals surface area contributed by atoms with Crippen molar-refractivity contribution in [1.29, 1.82) is 0 Å². The van der Waals surface area contributed by atoms with Gasteiger partial charge in [-0.25, -0.2) is 4.98 Å². The number of fused-ring (bicyclic) bond motifs is 1. The van der Waals surface area contributed by atoms with Gasteiger partial charge in [-0.15, -0.1) is 12.4 Å². The fraction of sp³-hybridized carbons (Fsp3) is 0. The van der Waals surface area contributed by atoms with Crippen LogP contribution in [0.25, 0.3) is 22.2 Å². The number of benzene rings is 1. The molecular weight excluding hydrogens is 375 g/mol. The van der Waals surface area contributed by atoms with Crippen molar-refractivity contribution in [1.82, 2.24) is 9.97 Å². The third kappa shape index (κ3) is 3.23. The number of halogens is 3. The minimum Gasteiger partial charge on any atom is -0.276 e. The maximum Gasteiger partial charge on any atom is 0.253 e. The molecule has 3 nitrogen and oxygen atoms in total. The van der Waals surface area contributed by atoms with Crippen molar-refractivity contribution in [3.05, 3.63) is 58.8 Å². The standard InChI is InChI=1S/C15H8BrClN2O.ClH/c16-10-3-4-13-11(6-10)12(15(17)20)7-14(19-13)9-2-1-5-18-8-9;/h1-8H;1H. The average Bonchev–Trinajstić information content (AvgIpc) is 2.47. The topological polar surface area (TPSA) is 42.9 Å². The summed E-state index contributed by atoms with van der Waals surface area (Å²) >= 11 is 9.08. The van der Waals surface area contributed by atoms with E-state index in [4.69, 9.17) is 11.6 Å². The molecule has 6 heteroatoms. The van der Waals surface area contributed by atoms with Crippen molar-refractivity contribution in [2.45, 2.75) is 0 Å². The second-order valence-corrected chi connectivity index (χ2v) is 5.49. The molecule has 21 heavy (non-hydrogen) atoms. The van der Waals surface area contributed by atoms with E-state index in [1.165, 1.54) is 0 Å². The summed E-state index contributed by atoms with van der Waals surface area (Å²) in [4.78, 5) is 20.3. The molecule has 3 rings (SSSR count). The minimum atomic E-state index is -0.499. The normalized spacial score (nSPS) is 10.2. The fourth-order valence-corrected chi connectivity index (χ4v) is 2.54. The Morgan fingerprint density at radius 1 is 1.19 bits per heavy atom. The Hall–Kier alpha value is -1.49. The summed E-state index contributed by atoms with van der Waals surface area (Å²) in [6, 6.07) is 11.0. The molecule has 0 aliphatic heterocycles. The lowest BCUT2D eigenvalue weighted by Crippen LogP contribution is -1.96. The van der Waals surface area contributed by atoms with Crippen molar-refractivity contribution in [2.75, 3.05) is 0 Å². The van der Waals surface area contributed by atoms with E-state index < -0.39 is 5.24 Å². The summed E-state index contributed by atoms with van der Waals surface area (Å²) in [5, 5.41) is 0.229. The highest BCUT2D eigenvalue weighted by molar-refractivity contribution is 9.10. The predicted molar refractivity (Wildman–Crippen MR) is 90.1 cm³/mol. The third-order valence-corrected chi connectivity index (χ3v) is 3.64. The molecule has 0 unspecified atom stereocenters. The van der Waals surface area contributed by atoms with E-state index >= 15 is 0 Å². The molecule has 0 amide bonds. The maximum atomic E-state index is 11.7. The van der Waals surface area contributed by atoms with Crippen LogP contribution in [0.2, 0.25) is 0 Å². The summed E-state index contributed by atoms with van der Waals surface area (Å²) in [6.45, 7) is 0. The second-order valence-electron chi connectivity index (χ2n) is 4.23. The molecule has 0 N–H and O–H groups in total. The Kier molecular flexibility index (Phi) is 4.93. The minimum absolute atomic E-state index is 0. The highest BCUT2D eigenvalue weighted by Crippen LogP contribution is 2.27. The molecule has 2 heterocycles. The number of pyridine rings is 2. The number of rotatable bonds is 2. The number of carbonyl (C=O) groups excluding carboxylic acids is 1. The molecule has 0 saturated carbocycles. The summed E-state index contributed by atoms with van der Waals surface area (Å²) in [6.07, 6.45) is 3.39. The summed E-state index contributed by atoms with van der Waals surface area (Å²) in [7, 11) is 0. The molecule has 0 atom stereocenters. The molecule has 3 aromatic rings. The Labute approximate surface area is 140 Å². The van der Waals surface area contributed by atoms with Gasteiger partial charge in [-0.2, -0.15) is 0 Å². The van der Waals surface area contributed by atoms with E-state index in [0.717, 1.165) is 20.9 Å². The van der Waals surface area contributed by atoms with E-state index in [9.17, 15) is 4.79 Å². The quantitative estimate of drug-likeness (QED) is 0.593. The van der Waals surface area contributed by atoms with Crippen molar-refractivity contribution >= 4 is 56.1 Å². The van der Waals surface area contributed by atoms with Crippen LogP contribution in [0, 0.1) is 0 Å². The van der Waals surface area contributed by atoms with Crippen LogP contribution in [0.5, 0.6) is 0 Å². The molecule has 0 saturated heterocycles. The zero-order valence-electron chi connectivity index (χ0n) is 10.6. The van der Waals surface area contributed by atoms with Crippen molar-refractivity contribution in [3.63, 3.8) is 0 Å². The molecule has 2 aromatic heterocycles. The summed E-state index contributed by atoms with van der Waals surface area (Å²) < 4.78 is 0.875. The van der Waals surface area contributed by atoms with Gasteiger partial charge >= 0.3 is 0 Å². The van der Waals surface area contributed by atoms with Gasteiger partial charge < -0.3 is 0 Å². The first-order valence-corrected chi connectivity index (χ1v) is 7.03. The fourth-order valence-electron chi connectivity index (χ4n) is 2.02. The smallest absolute Gasteiger partial charge is 0.253 e. The largest absolute Gasteiger partial charge is 0.276 e. The number of aromatic nitrogens is 2. The Bertz CT molecular complexity index is 809. The van der Waals surface area contributed by atoms with Gasteiger partial charge in [0.1, 0.15) is 0 Å². The molecular formula is C15H9BrCl2N2O. The summed E-state index contributed by atoms with van der Waals surface area (Å²) in [5.41, 5.74) is 2.68. The lowest BCUT2D eigenvalue weighted by Gasteiger charge is -2.07. The van der Waals surface area contributed by atoms with Gasteiger partial charge in [-0.05, 0) is 48.0 Å². The van der Waals surface area contributed by atoms with E-state index in [-0.39, 0.29) is 12.4 Å². The Morgan fingerprint density at radius 3 is 2.67 bits per heavy atom. The second kappa shape index (κ2) is 6.52. The van der Waals surface area contributed by atoms with Crippen LogP contribution in [-0.2, 0) is 0 Å². The van der Waals surface area contributed by atoms with Crippen LogP contribution in [0.1, 0.15) is 10.4 Å². The van der Waals surface area contributed by atoms with E-state index in [0.29, 0.717) is 11.3 Å². The number of carbonyl (C=O) groups is 1. The van der Waals surface area contributed by atoms with Crippen molar-refractivity contribution < 1.29 is 4.79 Å². The van der Waals surface area contributed by atoms with Crippen LogP contribution in [0.3, 0.4) is 0 Å². The molecule has 1 aromatic carbocycles. The highest BCUT2D eigenvalue weighted by atomic mass is 79.9. The third-order valence-electron chi connectivity index (χ3n) is 2.94. The zero-order chi connectivity index (χ0) is 14.1. The molecule has 0 aliphatic rings. The van der Waals surface area contributed by atoms with Gasteiger partial charge in [-0.3, -0.25) is 9.78 Å². The van der Waals surface area contributed by atoms with Gasteiger partial charge in [0.15, 0.2) is 0 Å². The zero-order valence-corrected chi connectivity index (χ0v) is 13.7. The van der Waals surface area contributed by atoms with Gasteiger partial charge in [0.05, 0.1) is 11.2 Å². The lowest BCUT2D eigenvalue weighted by atomic mass is 10.1. The van der Waals surface area contributed by atoms with Crippen LogP contribution >= 0.6 is 39.9 Å². The predicted octanol–water partition coefficient (Wildman–Crippen LogP) is 4.86. The van der Waals surface area contributed by atoms with Gasteiger partial charge in [0.25, 0.3) is 5.24 Å². The Morgan fingerprint density at radius 2 is 2.00 bits per heavy atom. The van der Waals surface area contributed by atoms with E-state index in [2.05, 4.69) is 25.9 Å². The van der Waals surface area contributed by atoms with Gasteiger partial charge in [0, 0.05) is 33.4 Å². The number of nitrogens with zero attached hydrogens (tertiary/aromatic N) is 2. The monoisotopic (exact) mass is 382 g/mol. The van der Waals surface area contributed by atoms with Crippen LogP contribution in [-0.4, -0.2) is 15.2 Å². The first-order valence-electron chi connectivity index (χ1n) is 5.86.